The maximum absolute atomic E-state index is 2.36. The van der Waals surface area contributed by atoms with E-state index in [0.29, 0.717) is 0 Å². The number of hydrogen-bond acceptors (Lipinski definition) is 4. The molecular formula is C54H52N4+2. The zero-order valence-corrected chi connectivity index (χ0v) is 35.0. The van der Waals surface area contributed by atoms with Gasteiger partial charge in [-0.15, -0.1) is 0 Å². The first kappa shape index (κ1) is 38.1. The summed E-state index contributed by atoms with van der Waals surface area (Å²) in [6.07, 6.45) is 0. The van der Waals surface area contributed by atoms with Crippen LogP contribution in [0, 0.1) is 11.8 Å². The Bertz CT molecular complexity index is 2360. The smallest absolute Gasteiger partial charge is 0.0680 e. The number of hydrogen-bond donors (Lipinski definition) is 0. The SMILES string of the molecule is CN(C)c1ccc([C+](c2ccc(N(C)C)cc2)c2ccc3ccccc3c2-c2c([C+](c3ccc(N(C)C)cc3)c3ccc(N(C)C)cc3)ccc3ccccc23)cc1. The number of benzene rings is 8. The molecule has 0 fully saturated rings. The molecule has 0 unspecified atom stereocenters. The van der Waals surface area contributed by atoms with Gasteiger partial charge in [0, 0.05) is 89.9 Å². The van der Waals surface area contributed by atoms with E-state index in [4.69, 9.17) is 0 Å². The van der Waals surface area contributed by atoms with Gasteiger partial charge in [0.15, 0.2) is 0 Å². The zero-order chi connectivity index (χ0) is 40.5. The molecule has 58 heavy (non-hydrogen) atoms. The summed E-state index contributed by atoms with van der Waals surface area (Å²) in [7, 11) is 16.8. The average Bonchev–Trinajstić information content (AvgIpc) is 3.24. The first-order valence-corrected chi connectivity index (χ1v) is 20.0. The van der Waals surface area contributed by atoms with Gasteiger partial charge < -0.3 is 19.6 Å². The van der Waals surface area contributed by atoms with Gasteiger partial charge in [0.25, 0.3) is 0 Å². The average molecular weight is 757 g/mol. The highest BCUT2D eigenvalue weighted by Crippen LogP contribution is 2.48. The molecule has 8 aromatic rings. The molecule has 286 valence electrons. The fraction of sp³-hybridized carbons (Fsp3) is 0.148. The fourth-order valence-corrected chi connectivity index (χ4v) is 8.16. The van der Waals surface area contributed by atoms with Gasteiger partial charge in [0.05, 0.1) is 56.3 Å². The first-order valence-electron chi connectivity index (χ1n) is 20.0. The van der Waals surface area contributed by atoms with Crippen LogP contribution >= 0.6 is 0 Å². The second-order valence-corrected chi connectivity index (χ2v) is 15.9. The predicted octanol–water partition coefficient (Wildman–Crippen LogP) is 12.0. The lowest BCUT2D eigenvalue weighted by atomic mass is 9.75. The molecule has 4 nitrogen and oxygen atoms in total. The van der Waals surface area contributed by atoms with E-state index in [9.17, 15) is 0 Å². The van der Waals surface area contributed by atoms with E-state index in [1.807, 2.05) is 0 Å². The lowest BCUT2D eigenvalue weighted by Gasteiger charge is -2.23. The van der Waals surface area contributed by atoms with Crippen LogP contribution in [-0.2, 0) is 0 Å². The van der Waals surface area contributed by atoms with Crippen molar-refractivity contribution in [3.8, 4) is 11.1 Å². The molecule has 0 radical (unpaired) electrons. The Kier molecular flexibility index (Phi) is 10.5. The van der Waals surface area contributed by atoms with Gasteiger partial charge in [-0.2, -0.15) is 0 Å². The number of anilines is 4. The molecule has 8 aromatic carbocycles. The Morgan fingerprint density at radius 2 is 0.534 bits per heavy atom. The minimum atomic E-state index is 1.17. The summed E-state index contributed by atoms with van der Waals surface area (Å²) in [4.78, 5) is 8.64. The first-order chi connectivity index (χ1) is 28.1. The van der Waals surface area contributed by atoms with E-state index in [1.54, 1.807) is 0 Å². The van der Waals surface area contributed by atoms with Gasteiger partial charge in [-0.25, -0.2) is 0 Å². The molecule has 8 rings (SSSR count). The third-order valence-corrected chi connectivity index (χ3v) is 11.3. The minimum Gasteiger partial charge on any atom is -0.377 e. The van der Waals surface area contributed by atoms with Crippen LogP contribution in [0.25, 0.3) is 32.7 Å². The lowest BCUT2D eigenvalue weighted by molar-refractivity contribution is 1.12. The van der Waals surface area contributed by atoms with Crippen LogP contribution in [0.1, 0.15) is 33.4 Å². The van der Waals surface area contributed by atoms with Crippen LogP contribution in [0.5, 0.6) is 0 Å². The molecular weight excluding hydrogens is 705 g/mol. The predicted molar refractivity (Wildman–Crippen MR) is 251 cm³/mol. The van der Waals surface area contributed by atoms with Gasteiger partial charge in [0.1, 0.15) is 0 Å². The topological polar surface area (TPSA) is 13.0 Å². The molecule has 4 heteroatoms. The molecule has 0 aromatic heterocycles. The van der Waals surface area contributed by atoms with Crippen LogP contribution in [-0.4, -0.2) is 56.4 Å². The highest BCUT2D eigenvalue weighted by molar-refractivity contribution is 6.10. The van der Waals surface area contributed by atoms with E-state index in [2.05, 4.69) is 246 Å². The van der Waals surface area contributed by atoms with E-state index in [-0.39, 0.29) is 0 Å². The van der Waals surface area contributed by atoms with Gasteiger partial charge >= 0.3 is 0 Å². The highest BCUT2D eigenvalue weighted by Gasteiger charge is 2.34. The Morgan fingerprint density at radius 1 is 0.276 bits per heavy atom. The van der Waals surface area contributed by atoms with Crippen molar-refractivity contribution in [3.63, 3.8) is 0 Å². The Morgan fingerprint density at radius 3 is 0.793 bits per heavy atom. The highest BCUT2D eigenvalue weighted by atomic mass is 15.1. The Labute approximate surface area is 345 Å². The maximum Gasteiger partial charge on any atom is 0.0680 e. The van der Waals surface area contributed by atoms with Crippen molar-refractivity contribution in [2.75, 3.05) is 76.0 Å². The third-order valence-electron chi connectivity index (χ3n) is 11.3. The van der Waals surface area contributed by atoms with Crippen molar-refractivity contribution < 1.29 is 0 Å². The summed E-state index contributed by atoms with van der Waals surface area (Å²) in [6, 6.07) is 63.2. The largest absolute Gasteiger partial charge is 0.377 e. The van der Waals surface area contributed by atoms with E-state index in [1.165, 1.54) is 101 Å². The molecule has 0 bridgehead atoms. The van der Waals surface area contributed by atoms with E-state index in [0.717, 1.165) is 0 Å². The molecule has 0 amide bonds. The standard InChI is InChI=1S/C54H52N4/c1-55(2)43-27-17-39(18-28-43)51(40-19-29-44(30-20-40)56(3)4)49-35-25-37-13-9-11-15-47(37)53(49)54-48-16-12-10-14-38(48)26-36-50(54)52(41-21-31-45(32-22-41)57(5)6)42-23-33-46(34-24-42)58(7)8/h9-36H,1-8H3/q+2. The molecule has 0 spiro atoms. The summed E-state index contributed by atoms with van der Waals surface area (Å²) in [5.74, 6) is 2.39. The Hall–Kier alpha value is -6.78. The summed E-state index contributed by atoms with van der Waals surface area (Å²) in [6.45, 7) is 0. The second kappa shape index (κ2) is 16.0. The number of rotatable bonds is 11. The summed E-state index contributed by atoms with van der Waals surface area (Å²) >= 11 is 0. The maximum atomic E-state index is 2.36. The third kappa shape index (κ3) is 7.30. The van der Waals surface area contributed by atoms with Gasteiger partial charge in [-0.05, 0) is 144 Å². The van der Waals surface area contributed by atoms with Crippen molar-refractivity contribution in [2.24, 2.45) is 0 Å². The zero-order valence-electron chi connectivity index (χ0n) is 35.0. The minimum absolute atomic E-state index is 1.17. The molecule has 0 aliphatic carbocycles. The van der Waals surface area contributed by atoms with E-state index >= 15 is 0 Å². The molecule has 0 saturated carbocycles. The monoisotopic (exact) mass is 756 g/mol. The van der Waals surface area contributed by atoms with Crippen LogP contribution in [0.15, 0.2) is 170 Å². The molecule has 0 saturated heterocycles. The van der Waals surface area contributed by atoms with Crippen LogP contribution in [0.3, 0.4) is 0 Å². The van der Waals surface area contributed by atoms with Crippen LogP contribution in [0.2, 0.25) is 0 Å². The number of fused-ring (bicyclic) bond motifs is 2. The molecule has 0 aliphatic heterocycles. The second-order valence-electron chi connectivity index (χ2n) is 15.9. The van der Waals surface area contributed by atoms with Gasteiger partial charge in [-0.1, -0.05) is 36.4 Å². The molecule has 0 aliphatic rings. The van der Waals surface area contributed by atoms with Crippen LogP contribution < -0.4 is 19.6 Å². The van der Waals surface area contributed by atoms with Crippen molar-refractivity contribution in [1.82, 2.24) is 0 Å². The summed E-state index contributed by atoms with van der Waals surface area (Å²) < 4.78 is 0. The molecule has 0 heterocycles. The van der Waals surface area contributed by atoms with Gasteiger partial charge in [-0.3, -0.25) is 0 Å². The molecule has 0 atom stereocenters. The summed E-state index contributed by atoms with van der Waals surface area (Å²) in [5.41, 5.74) is 14.2. The molecule has 0 N–H and O–H groups in total. The quantitative estimate of drug-likeness (QED) is 0.0962. The van der Waals surface area contributed by atoms with Crippen molar-refractivity contribution in [2.45, 2.75) is 0 Å². The van der Waals surface area contributed by atoms with Gasteiger partial charge in [0.2, 0.25) is 0 Å². The number of nitrogens with zero attached hydrogens (tertiary/aromatic N) is 4. The van der Waals surface area contributed by atoms with E-state index < -0.39 is 0 Å². The lowest BCUT2D eigenvalue weighted by Crippen LogP contribution is -2.13. The Balaban J connectivity index is 1.48. The van der Waals surface area contributed by atoms with Crippen molar-refractivity contribution in [1.29, 1.82) is 0 Å². The fourth-order valence-electron chi connectivity index (χ4n) is 8.16. The van der Waals surface area contributed by atoms with Crippen molar-refractivity contribution >= 4 is 44.3 Å². The summed E-state index contributed by atoms with van der Waals surface area (Å²) in [5, 5.41) is 4.85. The van der Waals surface area contributed by atoms with Crippen molar-refractivity contribution in [3.05, 3.63) is 215 Å². The van der Waals surface area contributed by atoms with Crippen LogP contribution in [0.4, 0.5) is 22.7 Å². The normalized spacial score (nSPS) is 11.1.